The molecule has 5 rings (SSSR count). The van der Waals surface area contributed by atoms with E-state index < -0.39 is 11.5 Å². The van der Waals surface area contributed by atoms with Crippen LogP contribution in [0.5, 0.6) is 5.88 Å². The molecule has 0 spiro atoms. The molecular formula is C28H20BrN3O4S. The normalized spacial score (nSPS) is 13.4. The monoisotopic (exact) mass is 573 g/mol. The highest BCUT2D eigenvalue weighted by atomic mass is 79.9. The standard InChI is InChI=1S/C28H20BrN3O4S/c1-2-36-27(35)24-21(20-10-6-7-11-23(20)30-24)16-22-25(33)31(18-8-4-3-5-9-18)28(37)32(26(22)34)19-14-12-17(29)13-15-19/h3-16,34H,2H2,1H3. The summed E-state index contributed by atoms with van der Waals surface area (Å²) in [5, 5.41) is 11.5. The van der Waals surface area contributed by atoms with Crippen LogP contribution in [0.3, 0.4) is 0 Å². The van der Waals surface area contributed by atoms with Crippen LogP contribution in [-0.2, 0) is 9.53 Å². The molecule has 4 aromatic rings. The van der Waals surface area contributed by atoms with Crippen LogP contribution in [0, 0.1) is 4.77 Å². The average molecular weight is 574 g/mol. The number of hydrogen-bond acceptors (Lipinski definition) is 6. The lowest BCUT2D eigenvalue weighted by molar-refractivity contribution is -0.134. The lowest BCUT2D eigenvalue weighted by Gasteiger charge is -2.17. The highest BCUT2D eigenvalue weighted by Crippen LogP contribution is 2.37. The van der Waals surface area contributed by atoms with E-state index in [2.05, 4.69) is 20.9 Å². The number of fused-ring (bicyclic) bond motifs is 1. The van der Waals surface area contributed by atoms with Gasteiger partial charge < -0.3 is 9.84 Å². The Morgan fingerprint density at radius 1 is 1.00 bits per heavy atom. The number of esters is 1. The summed E-state index contributed by atoms with van der Waals surface area (Å²) < 4.78 is 8.93. The minimum Gasteiger partial charge on any atom is -0.494 e. The van der Waals surface area contributed by atoms with Crippen molar-refractivity contribution in [3.63, 3.8) is 0 Å². The van der Waals surface area contributed by atoms with Gasteiger partial charge in [0.1, 0.15) is 5.56 Å². The molecule has 0 saturated heterocycles. The predicted molar refractivity (Wildman–Crippen MR) is 150 cm³/mol. The van der Waals surface area contributed by atoms with Crippen molar-refractivity contribution in [3.05, 3.63) is 110 Å². The average Bonchev–Trinajstić information content (AvgIpc) is 3.27. The maximum absolute atomic E-state index is 13.9. The van der Waals surface area contributed by atoms with E-state index in [-0.39, 0.29) is 28.5 Å². The third-order valence-electron chi connectivity index (χ3n) is 5.81. The Morgan fingerprint density at radius 3 is 2.35 bits per heavy atom. The van der Waals surface area contributed by atoms with E-state index in [1.165, 1.54) is 15.2 Å². The van der Waals surface area contributed by atoms with E-state index in [1.54, 1.807) is 61.5 Å². The maximum Gasteiger partial charge on any atom is 0.357 e. The van der Waals surface area contributed by atoms with Crippen LogP contribution >= 0.6 is 28.1 Å². The zero-order chi connectivity index (χ0) is 26.1. The number of para-hydroxylation sites is 2. The largest absolute Gasteiger partial charge is 0.494 e. The second-order valence-corrected chi connectivity index (χ2v) is 9.34. The number of aliphatic imine (C=N–C) groups is 1. The molecule has 0 atom stereocenters. The van der Waals surface area contributed by atoms with Gasteiger partial charge in [0.2, 0.25) is 5.88 Å². The molecule has 2 heterocycles. The zero-order valence-electron chi connectivity index (χ0n) is 19.6. The van der Waals surface area contributed by atoms with E-state index in [0.29, 0.717) is 28.2 Å². The molecule has 37 heavy (non-hydrogen) atoms. The van der Waals surface area contributed by atoms with Crippen molar-refractivity contribution in [2.75, 3.05) is 6.61 Å². The van der Waals surface area contributed by atoms with Gasteiger partial charge in [-0.3, -0.25) is 13.9 Å². The van der Waals surface area contributed by atoms with Crippen LogP contribution < -0.4 is 5.56 Å². The minimum atomic E-state index is -0.617. The molecule has 1 aliphatic heterocycles. The van der Waals surface area contributed by atoms with Crippen molar-refractivity contribution >= 4 is 57.2 Å². The second kappa shape index (κ2) is 10.1. The molecule has 7 nitrogen and oxygen atoms in total. The van der Waals surface area contributed by atoms with Gasteiger partial charge >= 0.3 is 5.97 Å². The van der Waals surface area contributed by atoms with Gasteiger partial charge in [0, 0.05) is 15.6 Å². The van der Waals surface area contributed by atoms with E-state index in [1.807, 2.05) is 24.3 Å². The predicted octanol–water partition coefficient (Wildman–Crippen LogP) is 6.02. The number of aromatic hydroxyl groups is 1. The van der Waals surface area contributed by atoms with Crippen molar-refractivity contribution in [2.45, 2.75) is 6.92 Å². The Kier molecular flexibility index (Phi) is 6.73. The fourth-order valence-corrected chi connectivity index (χ4v) is 4.77. The first-order valence-electron chi connectivity index (χ1n) is 11.4. The Balaban J connectivity index is 1.84. The first-order valence-corrected chi connectivity index (χ1v) is 12.6. The number of halogens is 1. The quantitative estimate of drug-likeness (QED) is 0.233. The van der Waals surface area contributed by atoms with Crippen molar-refractivity contribution in [2.24, 2.45) is 4.99 Å². The van der Waals surface area contributed by atoms with Crippen LogP contribution in [0.15, 0.2) is 93.1 Å². The molecule has 3 aromatic carbocycles. The molecular weight excluding hydrogens is 554 g/mol. The topological polar surface area (TPSA) is 85.8 Å². The van der Waals surface area contributed by atoms with Crippen molar-refractivity contribution < 1.29 is 14.6 Å². The van der Waals surface area contributed by atoms with Crippen LogP contribution in [0.25, 0.3) is 23.0 Å². The van der Waals surface area contributed by atoms with E-state index >= 15 is 0 Å². The van der Waals surface area contributed by atoms with Gasteiger partial charge in [0.05, 0.1) is 23.7 Å². The third kappa shape index (κ3) is 4.47. The van der Waals surface area contributed by atoms with Crippen molar-refractivity contribution in [1.82, 2.24) is 9.13 Å². The summed E-state index contributed by atoms with van der Waals surface area (Å²) in [6.45, 7) is 1.87. The Hall–Kier alpha value is -4.08. The summed E-state index contributed by atoms with van der Waals surface area (Å²) in [4.78, 5) is 31.1. The molecule has 1 N–H and O–H groups in total. The molecule has 184 valence electrons. The number of carbonyl (C=O) groups is 1. The lowest BCUT2D eigenvalue weighted by atomic mass is 10.0. The number of carbonyl (C=O) groups excluding carboxylic acids is 1. The number of hydrogen-bond donors (Lipinski definition) is 1. The molecule has 0 unspecified atom stereocenters. The summed E-state index contributed by atoms with van der Waals surface area (Å²) in [6, 6.07) is 23.3. The Morgan fingerprint density at radius 2 is 1.65 bits per heavy atom. The molecule has 1 aliphatic rings. The van der Waals surface area contributed by atoms with Gasteiger partial charge in [0.25, 0.3) is 5.56 Å². The van der Waals surface area contributed by atoms with Crippen LogP contribution in [0.2, 0.25) is 0 Å². The van der Waals surface area contributed by atoms with Crippen LogP contribution in [0.1, 0.15) is 18.1 Å². The van der Waals surface area contributed by atoms with E-state index in [0.717, 1.165) is 4.47 Å². The van der Waals surface area contributed by atoms with E-state index in [9.17, 15) is 14.7 Å². The van der Waals surface area contributed by atoms with Crippen LogP contribution in [0.4, 0.5) is 5.69 Å². The molecule has 9 heteroatoms. The minimum absolute atomic E-state index is 0.0518. The number of aromatic nitrogens is 2. The molecule has 0 radical (unpaired) electrons. The molecule has 0 fully saturated rings. The molecule has 0 bridgehead atoms. The summed E-state index contributed by atoms with van der Waals surface area (Å²) in [5.41, 5.74) is 2.15. The fourth-order valence-electron chi connectivity index (χ4n) is 4.12. The van der Waals surface area contributed by atoms with Gasteiger partial charge in [-0.05, 0) is 67.7 Å². The molecule has 0 saturated carbocycles. The summed E-state index contributed by atoms with van der Waals surface area (Å²) in [7, 11) is 0. The summed E-state index contributed by atoms with van der Waals surface area (Å²) in [6.07, 6.45) is 1.48. The first kappa shape index (κ1) is 24.6. The SMILES string of the molecule is CCOC(=O)C1=Nc2ccccc2C1=Cc1c(O)n(-c2ccc(Br)cc2)c(=S)n(-c2ccccc2)c1=O. The molecule has 0 aliphatic carbocycles. The number of benzene rings is 3. The Bertz CT molecular complexity index is 1700. The van der Waals surface area contributed by atoms with Gasteiger partial charge in [0.15, 0.2) is 10.5 Å². The zero-order valence-corrected chi connectivity index (χ0v) is 22.0. The van der Waals surface area contributed by atoms with Crippen LogP contribution in [-0.4, -0.2) is 32.5 Å². The lowest BCUT2D eigenvalue weighted by Crippen LogP contribution is -2.26. The smallest absolute Gasteiger partial charge is 0.357 e. The number of ether oxygens (including phenoxy) is 1. The first-order chi connectivity index (χ1) is 17.9. The van der Waals surface area contributed by atoms with Gasteiger partial charge in [-0.15, -0.1) is 0 Å². The number of nitrogens with zero attached hydrogens (tertiary/aromatic N) is 3. The van der Waals surface area contributed by atoms with Crippen molar-refractivity contribution in [1.29, 1.82) is 0 Å². The number of rotatable bonds is 5. The van der Waals surface area contributed by atoms with Gasteiger partial charge in [-0.2, -0.15) is 0 Å². The van der Waals surface area contributed by atoms with E-state index in [4.69, 9.17) is 17.0 Å². The van der Waals surface area contributed by atoms with Gasteiger partial charge in [-0.1, -0.05) is 52.3 Å². The summed E-state index contributed by atoms with van der Waals surface area (Å²) in [5.74, 6) is -0.974. The summed E-state index contributed by atoms with van der Waals surface area (Å²) >= 11 is 9.12. The molecule has 1 aromatic heterocycles. The third-order valence-corrected chi connectivity index (χ3v) is 6.70. The fraction of sp³-hybridized carbons (Fsp3) is 0.0714. The second-order valence-electron chi connectivity index (χ2n) is 8.06. The van der Waals surface area contributed by atoms with Crippen molar-refractivity contribution in [3.8, 4) is 17.3 Å². The molecule has 0 amide bonds. The maximum atomic E-state index is 13.9. The van der Waals surface area contributed by atoms with Gasteiger partial charge in [-0.25, -0.2) is 9.79 Å². The Labute approximate surface area is 225 Å². The highest BCUT2D eigenvalue weighted by Gasteiger charge is 2.29. The highest BCUT2D eigenvalue weighted by molar-refractivity contribution is 9.10.